The Labute approximate surface area is 139 Å². The summed E-state index contributed by atoms with van der Waals surface area (Å²) in [5.74, 6) is 0.894. The molecular formula is C17H14Cl2N2O. The second-order valence-electron chi connectivity index (χ2n) is 5.55. The summed E-state index contributed by atoms with van der Waals surface area (Å²) in [5.41, 5.74) is 3.23. The highest BCUT2D eigenvalue weighted by molar-refractivity contribution is 6.31. The van der Waals surface area contributed by atoms with Crippen LogP contribution in [0.5, 0.6) is 5.75 Å². The van der Waals surface area contributed by atoms with Crippen LogP contribution in [0, 0.1) is 0 Å². The van der Waals surface area contributed by atoms with Crippen molar-refractivity contribution in [2.24, 2.45) is 5.10 Å². The largest absolute Gasteiger partial charge is 0.469 e. The van der Waals surface area contributed by atoms with Crippen LogP contribution < -0.4 is 4.74 Å². The standard InChI is InChI=1S/C17H14Cl2N2O/c1-10-21-16(14-8-13(19)6-7-17(14)22-10)9-15(20-21)11-2-4-12(18)5-3-11/h2-8,10,16H,9H2,1H3/t10-,16-/m0/s1. The number of ether oxygens (including phenoxy) is 1. The van der Waals surface area contributed by atoms with Gasteiger partial charge in [-0.2, -0.15) is 5.10 Å². The van der Waals surface area contributed by atoms with Crippen molar-refractivity contribution in [2.45, 2.75) is 25.6 Å². The normalized spacial score (nSPS) is 22.7. The summed E-state index contributed by atoms with van der Waals surface area (Å²) in [5, 5.41) is 8.22. The third-order valence-electron chi connectivity index (χ3n) is 4.12. The van der Waals surface area contributed by atoms with Gasteiger partial charge in [0.05, 0.1) is 11.8 Å². The molecule has 22 heavy (non-hydrogen) atoms. The Hall–Kier alpha value is -1.71. The van der Waals surface area contributed by atoms with Gasteiger partial charge in [-0.05, 0) is 42.8 Å². The Balaban J connectivity index is 1.72. The van der Waals surface area contributed by atoms with E-state index >= 15 is 0 Å². The lowest BCUT2D eigenvalue weighted by Crippen LogP contribution is -2.37. The molecule has 0 N–H and O–H groups in total. The van der Waals surface area contributed by atoms with Gasteiger partial charge >= 0.3 is 0 Å². The summed E-state index contributed by atoms with van der Waals surface area (Å²) in [7, 11) is 0. The first kappa shape index (κ1) is 13.9. The second-order valence-corrected chi connectivity index (χ2v) is 6.43. The highest BCUT2D eigenvalue weighted by Crippen LogP contribution is 2.43. The smallest absolute Gasteiger partial charge is 0.185 e. The SMILES string of the molecule is C[C@@H]1Oc2ccc(Cl)cc2[C@@H]2CC(c3ccc(Cl)cc3)=NN12. The number of hydrazone groups is 1. The van der Waals surface area contributed by atoms with E-state index in [-0.39, 0.29) is 12.3 Å². The summed E-state index contributed by atoms with van der Waals surface area (Å²) in [6, 6.07) is 13.7. The first-order valence-electron chi connectivity index (χ1n) is 7.20. The molecule has 2 atom stereocenters. The van der Waals surface area contributed by atoms with Crippen molar-refractivity contribution in [3.05, 3.63) is 63.6 Å². The zero-order valence-corrected chi connectivity index (χ0v) is 13.5. The van der Waals surface area contributed by atoms with Crippen LogP contribution in [0.2, 0.25) is 10.0 Å². The highest BCUT2D eigenvalue weighted by Gasteiger charge is 2.38. The molecule has 3 nitrogen and oxygen atoms in total. The maximum Gasteiger partial charge on any atom is 0.185 e. The summed E-state index contributed by atoms with van der Waals surface area (Å²) in [6.45, 7) is 2.01. The van der Waals surface area contributed by atoms with Crippen molar-refractivity contribution >= 4 is 28.9 Å². The van der Waals surface area contributed by atoms with E-state index in [0.717, 1.165) is 39.1 Å². The molecule has 0 fully saturated rings. The van der Waals surface area contributed by atoms with E-state index in [1.54, 1.807) is 0 Å². The number of rotatable bonds is 1. The molecule has 0 unspecified atom stereocenters. The third-order valence-corrected chi connectivity index (χ3v) is 4.61. The number of halogens is 2. The van der Waals surface area contributed by atoms with Crippen LogP contribution in [0.15, 0.2) is 47.6 Å². The van der Waals surface area contributed by atoms with E-state index in [1.165, 1.54) is 0 Å². The number of fused-ring (bicyclic) bond motifs is 3. The van der Waals surface area contributed by atoms with Crippen LogP contribution in [0.1, 0.15) is 30.5 Å². The van der Waals surface area contributed by atoms with Crippen molar-refractivity contribution < 1.29 is 4.74 Å². The van der Waals surface area contributed by atoms with Crippen molar-refractivity contribution in [1.29, 1.82) is 0 Å². The monoisotopic (exact) mass is 332 g/mol. The van der Waals surface area contributed by atoms with Crippen molar-refractivity contribution in [2.75, 3.05) is 0 Å². The number of hydrogen-bond donors (Lipinski definition) is 0. The molecule has 0 spiro atoms. The van der Waals surface area contributed by atoms with E-state index in [4.69, 9.17) is 33.0 Å². The highest BCUT2D eigenvalue weighted by atomic mass is 35.5. The first-order valence-corrected chi connectivity index (χ1v) is 7.95. The van der Waals surface area contributed by atoms with Crippen LogP contribution in [0.25, 0.3) is 0 Å². The Morgan fingerprint density at radius 1 is 1.09 bits per heavy atom. The van der Waals surface area contributed by atoms with Gasteiger partial charge in [0.25, 0.3) is 0 Å². The Morgan fingerprint density at radius 2 is 1.82 bits per heavy atom. The molecule has 0 radical (unpaired) electrons. The summed E-state index contributed by atoms with van der Waals surface area (Å²) < 4.78 is 5.94. The van der Waals surface area contributed by atoms with Crippen molar-refractivity contribution in [3.8, 4) is 5.75 Å². The molecule has 0 aliphatic carbocycles. The molecular weight excluding hydrogens is 319 g/mol. The molecule has 2 aliphatic rings. The second kappa shape index (κ2) is 5.18. The van der Waals surface area contributed by atoms with Gasteiger partial charge in [-0.1, -0.05) is 35.3 Å². The molecule has 0 aromatic heterocycles. The Bertz CT molecular complexity index is 758. The third kappa shape index (κ3) is 2.25. The van der Waals surface area contributed by atoms with E-state index in [9.17, 15) is 0 Å². The van der Waals surface area contributed by atoms with Gasteiger partial charge < -0.3 is 4.74 Å². The van der Waals surface area contributed by atoms with Crippen LogP contribution in [-0.2, 0) is 0 Å². The maximum atomic E-state index is 6.15. The molecule has 5 heteroatoms. The van der Waals surface area contributed by atoms with Gasteiger partial charge in [0.15, 0.2) is 6.23 Å². The van der Waals surface area contributed by atoms with Gasteiger partial charge in [0.2, 0.25) is 0 Å². The minimum absolute atomic E-state index is 0.0940. The minimum atomic E-state index is -0.0940. The average molecular weight is 333 g/mol. The van der Waals surface area contributed by atoms with Crippen LogP contribution in [0.4, 0.5) is 0 Å². The average Bonchev–Trinajstić information content (AvgIpc) is 2.95. The number of nitrogens with zero attached hydrogens (tertiary/aromatic N) is 2. The van der Waals surface area contributed by atoms with Gasteiger partial charge in [-0.15, -0.1) is 0 Å². The van der Waals surface area contributed by atoms with Gasteiger partial charge in [-0.25, -0.2) is 0 Å². The quantitative estimate of drug-likeness (QED) is 0.743. The molecule has 4 rings (SSSR count). The predicted molar refractivity (Wildman–Crippen MR) is 88.7 cm³/mol. The van der Waals surface area contributed by atoms with Crippen LogP contribution in [-0.4, -0.2) is 16.9 Å². The van der Waals surface area contributed by atoms with Gasteiger partial charge in [0, 0.05) is 22.0 Å². The lowest BCUT2D eigenvalue weighted by atomic mass is 9.97. The maximum absolute atomic E-state index is 6.15. The van der Waals surface area contributed by atoms with Crippen molar-refractivity contribution in [1.82, 2.24) is 5.01 Å². The molecule has 0 saturated heterocycles. The summed E-state index contributed by atoms with van der Waals surface area (Å²) >= 11 is 12.1. The Kier molecular flexibility index (Phi) is 3.28. The lowest BCUT2D eigenvalue weighted by molar-refractivity contribution is -0.00334. The number of hydrogen-bond acceptors (Lipinski definition) is 3. The Morgan fingerprint density at radius 3 is 2.59 bits per heavy atom. The molecule has 2 aromatic rings. The zero-order chi connectivity index (χ0) is 15.3. The van der Waals surface area contributed by atoms with Crippen molar-refractivity contribution in [3.63, 3.8) is 0 Å². The predicted octanol–water partition coefficient (Wildman–Crippen LogP) is 4.88. The minimum Gasteiger partial charge on any atom is -0.469 e. The topological polar surface area (TPSA) is 24.8 Å². The fourth-order valence-corrected chi connectivity index (χ4v) is 3.36. The first-order chi connectivity index (χ1) is 10.6. The summed E-state index contributed by atoms with van der Waals surface area (Å²) in [4.78, 5) is 0. The molecule has 0 bridgehead atoms. The molecule has 0 amide bonds. The van der Waals surface area contributed by atoms with Crippen LogP contribution >= 0.6 is 23.2 Å². The fourth-order valence-electron chi connectivity index (χ4n) is 3.06. The zero-order valence-electron chi connectivity index (χ0n) is 12.0. The molecule has 112 valence electrons. The van der Waals surface area contributed by atoms with E-state index in [0.29, 0.717) is 0 Å². The van der Waals surface area contributed by atoms with E-state index < -0.39 is 0 Å². The molecule has 2 aromatic carbocycles. The summed E-state index contributed by atoms with van der Waals surface area (Å²) in [6.07, 6.45) is 0.742. The molecule has 2 heterocycles. The molecule has 0 saturated carbocycles. The number of benzene rings is 2. The fraction of sp³-hybridized carbons (Fsp3) is 0.235. The lowest BCUT2D eigenvalue weighted by Gasteiger charge is -2.36. The molecule has 2 aliphatic heterocycles. The van der Waals surface area contributed by atoms with Crippen LogP contribution in [0.3, 0.4) is 0 Å². The van der Waals surface area contributed by atoms with E-state index in [2.05, 4.69) is 0 Å². The van der Waals surface area contributed by atoms with E-state index in [1.807, 2.05) is 54.4 Å². The van der Waals surface area contributed by atoms with Gasteiger partial charge in [-0.3, -0.25) is 5.01 Å². The van der Waals surface area contributed by atoms with Gasteiger partial charge in [0.1, 0.15) is 5.75 Å².